The third kappa shape index (κ3) is 4.04. The SMILES string of the molecule is CC(O)c1ccc(NCc2ccc([N+](=O)[O-])cc2)cc1C(=O)[O-]. The van der Waals surface area contributed by atoms with Gasteiger partial charge in [-0.25, -0.2) is 0 Å². The standard InChI is InChI=1S/C16H16N2O5/c1-10(19)14-7-4-12(8-15(14)16(20)21)17-9-11-2-5-13(6-3-11)18(22)23/h2-8,10,17,19H,9H2,1H3,(H,20,21)/p-1. The van der Waals surface area contributed by atoms with E-state index < -0.39 is 17.0 Å². The van der Waals surface area contributed by atoms with Crippen LogP contribution in [0.25, 0.3) is 0 Å². The molecule has 7 nitrogen and oxygen atoms in total. The number of nitrogens with zero attached hydrogens (tertiary/aromatic N) is 1. The van der Waals surface area contributed by atoms with Gasteiger partial charge in [-0.05, 0) is 30.2 Å². The summed E-state index contributed by atoms with van der Waals surface area (Å²) in [5.41, 5.74) is 1.58. The van der Waals surface area contributed by atoms with Gasteiger partial charge in [0.25, 0.3) is 5.69 Å². The monoisotopic (exact) mass is 315 g/mol. The van der Waals surface area contributed by atoms with Gasteiger partial charge in [-0.3, -0.25) is 10.1 Å². The van der Waals surface area contributed by atoms with Gasteiger partial charge in [0.15, 0.2) is 0 Å². The smallest absolute Gasteiger partial charge is 0.269 e. The fraction of sp³-hybridized carbons (Fsp3) is 0.188. The van der Waals surface area contributed by atoms with E-state index in [1.54, 1.807) is 18.2 Å². The molecule has 0 radical (unpaired) electrons. The Bertz CT molecular complexity index is 726. The van der Waals surface area contributed by atoms with Crippen molar-refractivity contribution in [3.05, 3.63) is 69.3 Å². The summed E-state index contributed by atoms with van der Waals surface area (Å²) >= 11 is 0. The highest BCUT2D eigenvalue weighted by molar-refractivity contribution is 5.89. The Morgan fingerprint density at radius 3 is 2.43 bits per heavy atom. The second kappa shape index (κ2) is 6.89. The predicted octanol–water partition coefficient (Wildman–Crippen LogP) is 1.62. The van der Waals surface area contributed by atoms with Crippen LogP contribution in [0.3, 0.4) is 0 Å². The largest absolute Gasteiger partial charge is 0.545 e. The van der Waals surface area contributed by atoms with Gasteiger partial charge in [0, 0.05) is 29.9 Å². The number of hydrogen-bond acceptors (Lipinski definition) is 6. The van der Waals surface area contributed by atoms with E-state index in [1.165, 1.54) is 31.2 Å². The number of nitro benzene ring substituents is 1. The van der Waals surface area contributed by atoms with Crippen molar-refractivity contribution in [3.63, 3.8) is 0 Å². The van der Waals surface area contributed by atoms with Crippen molar-refractivity contribution >= 4 is 17.3 Å². The van der Waals surface area contributed by atoms with Gasteiger partial charge in [0.2, 0.25) is 0 Å². The first-order chi connectivity index (χ1) is 10.9. The minimum absolute atomic E-state index is 0.00859. The molecule has 0 amide bonds. The Kier molecular flexibility index (Phi) is 4.92. The van der Waals surface area contributed by atoms with Gasteiger partial charge < -0.3 is 20.3 Å². The Balaban J connectivity index is 2.12. The molecular weight excluding hydrogens is 300 g/mol. The lowest BCUT2D eigenvalue weighted by Gasteiger charge is -2.15. The molecule has 0 aliphatic heterocycles. The van der Waals surface area contributed by atoms with Crippen LogP contribution in [0.2, 0.25) is 0 Å². The molecule has 2 rings (SSSR count). The number of hydrogen-bond donors (Lipinski definition) is 2. The molecule has 0 bridgehead atoms. The predicted molar refractivity (Wildman–Crippen MR) is 81.8 cm³/mol. The number of carbonyl (C=O) groups is 1. The zero-order chi connectivity index (χ0) is 17.0. The summed E-state index contributed by atoms with van der Waals surface area (Å²) in [7, 11) is 0. The van der Waals surface area contributed by atoms with Gasteiger partial charge in [-0.15, -0.1) is 0 Å². The first-order valence-electron chi connectivity index (χ1n) is 6.89. The number of anilines is 1. The number of aromatic carboxylic acids is 1. The van der Waals surface area contributed by atoms with Gasteiger partial charge in [0.1, 0.15) is 0 Å². The number of carboxylic acid groups (broad SMARTS) is 1. The molecule has 0 aliphatic rings. The summed E-state index contributed by atoms with van der Waals surface area (Å²) in [5, 5.41) is 34.3. The molecule has 2 aromatic carbocycles. The number of aliphatic hydroxyl groups is 1. The molecule has 23 heavy (non-hydrogen) atoms. The highest BCUT2D eigenvalue weighted by Gasteiger charge is 2.10. The van der Waals surface area contributed by atoms with Crippen LogP contribution in [0.15, 0.2) is 42.5 Å². The van der Waals surface area contributed by atoms with Crippen LogP contribution in [0.5, 0.6) is 0 Å². The van der Waals surface area contributed by atoms with E-state index in [-0.39, 0.29) is 16.8 Å². The van der Waals surface area contributed by atoms with Crippen LogP contribution in [-0.4, -0.2) is 16.0 Å². The molecule has 2 N–H and O–H groups in total. The molecule has 0 saturated heterocycles. The number of non-ortho nitro benzene ring substituents is 1. The van der Waals surface area contributed by atoms with E-state index in [2.05, 4.69) is 5.32 Å². The number of aliphatic hydroxyl groups excluding tert-OH is 1. The summed E-state index contributed by atoms with van der Waals surface area (Å²) in [5.74, 6) is -1.36. The number of nitrogens with one attached hydrogen (secondary N) is 1. The fourth-order valence-corrected chi connectivity index (χ4v) is 2.15. The summed E-state index contributed by atoms with van der Waals surface area (Å²) in [6.45, 7) is 1.85. The van der Waals surface area contributed by atoms with Gasteiger partial charge in [-0.2, -0.15) is 0 Å². The summed E-state index contributed by atoms with van der Waals surface area (Å²) < 4.78 is 0. The lowest BCUT2D eigenvalue weighted by atomic mass is 10.0. The van der Waals surface area contributed by atoms with Crippen molar-refractivity contribution < 1.29 is 19.9 Å². The molecular formula is C16H15N2O5-. The molecule has 0 fully saturated rings. The van der Waals surface area contributed by atoms with Crippen molar-refractivity contribution in [2.45, 2.75) is 19.6 Å². The highest BCUT2D eigenvalue weighted by atomic mass is 16.6. The molecule has 1 atom stereocenters. The minimum atomic E-state index is -1.36. The van der Waals surface area contributed by atoms with Gasteiger partial charge in [-0.1, -0.05) is 18.2 Å². The molecule has 2 aromatic rings. The maximum atomic E-state index is 11.1. The Morgan fingerprint density at radius 2 is 1.91 bits per heavy atom. The second-order valence-electron chi connectivity index (χ2n) is 5.04. The lowest BCUT2D eigenvalue weighted by molar-refractivity contribution is -0.384. The quantitative estimate of drug-likeness (QED) is 0.618. The maximum absolute atomic E-state index is 11.1. The minimum Gasteiger partial charge on any atom is -0.545 e. The highest BCUT2D eigenvalue weighted by Crippen LogP contribution is 2.22. The summed E-state index contributed by atoms with van der Waals surface area (Å²) in [4.78, 5) is 21.3. The van der Waals surface area contributed by atoms with E-state index in [0.29, 0.717) is 12.2 Å². The van der Waals surface area contributed by atoms with E-state index in [0.717, 1.165) is 5.56 Å². The van der Waals surface area contributed by atoms with Crippen molar-refractivity contribution in [3.8, 4) is 0 Å². The van der Waals surface area contributed by atoms with E-state index in [9.17, 15) is 25.1 Å². The van der Waals surface area contributed by atoms with Crippen LogP contribution < -0.4 is 10.4 Å². The molecule has 0 aromatic heterocycles. The van der Waals surface area contributed by atoms with E-state index in [4.69, 9.17) is 0 Å². The van der Waals surface area contributed by atoms with Crippen LogP contribution in [0.1, 0.15) is 34.5 Å². The molecule has 0 heterocycles. The zero-order valence-electron chi connectivity index (χ0n) is 12.4. The summed E-state index contributed by atoms with van der Waals surface area (Å²) in [6, 6.07) is 10.6. The first kappa shape index (κ1) is 16.4. The number of rotatable bonds is 6. The number of nitro groups is 1. The van der Waals surface area contributed by atoms with Crippen molar-refractivity contribution in [1.29, 1.82) is 0 Å². The molecule has 0 aliphatic carbocycles. The normalized spacial score (nSPS) is 11.7. The van der Waals surface area contributed by atoms with Gasteiger partial charge >= 0.3 is 0 Å². The third-order valence-corrected chi connectivity index (χ3v) is 3.37. The van der Waals surface area contributed by atoms with Crippen LogP contribution in [0, 0.1) is 10.1 Å². The maximum Gasteiger partial charge on any atom is 0.269 e. The summed E-state index contributed by atoms with van der Waals surface area (Å²) in [6.07, 6.45) is -0.911. The molecule has 0 spiro atoms. The molecule has 1 unspecified atom stereocenters. The van der Waals surface area contributed by atoms with Crippen molar-refractivity contribution in [1.82, 2.24) is 0 Å². The van der Waals surface area contributed by atoms with Crippen LogP contribution in [0.4, 0.5) is 11.4 Å². The molecule has 120 valence electrons. The first-order valence-corrected chi connectivity index (χ1v) is 6.89. The van der Waals surface area contributed by atoms with Crippen molar-refractivity contribution in [2.75, 3.05) is 5.32 Å². The Labute approximate surface area is 132 Å². The Morgan fingerprint density at radius 1 is 1.26 bits per heavy atom. The molecule has 7 heteroatoms. The van der Waals surface area contributed by atoms with Crippen LogP contribution >= 0.6 is 0 Å². The fourth-order valence-electron chi connectivity index (χ4n) is 2.15. The number of carbonyl (C=O) groups excluding carboxylic acids is 1. The lowest BCUT2D eigenvalue weighted by Crippen LogP contribution is -2.24. The van der Waals surface area contributed by atoms with E-state index in [1.807, 2.05) is 0 Å². The average molecular weight is 315 g/mol. The average Bonchev–Trinajstić information content (AvgIpc) is 2.52. The number of carboxylic acids is 1. The number of benzene rings is 2. The topological polar surface area (TPSA) is 116 Å². The van der Waals surface area contributed by atoms with Gasteiger partial charge in [0.05, 0.1) is 17.0 Å². The third-order valence-electron chi connectivity index (χ3n) is 3.37. The Hall–Kier alpha value is -2.93. The second-order valence-corrected chi connectivity index (χ2v) is 5.04. The van der Waals surface area contributed by atoms with Crippen molar-refractivity contribution in [2.24, 2.45) is 0 Å². The molecule has 0 saturated carbocycles. The zero-order valence-corrected chi connectivity index (χ0v) is 12.4. The van der Waals surface area contributed by atoms with Crippen LogP contribution in [-0.2, 0) is 6.54 Å². The van der Waals surface area contributed by atoms with E-state index >= 15 is 0 Å².